The highest BCUT2D eigenvalue weighted by Gasteiger charge is 2.34. The van der Waals surface area contributed by atoms with Crippen LogP contribution in [0.1, 0.15) is 50.2 Å². The number of amides is 2. The van der Waals surface area contributed by atoms with Crippen LogP contribution in [-0.4, -0.2) is 50.9 Å². The van der Waals surface area contributed by atoms with Crippen LogP contribution in [0.25, 0.3) is 0 Å². The molecule has 0 aliphatic heterocycles. The topological polar surface area (TPSA) is 96.0 Å². The van der Waals surface area contributed by atoms with E-state index < -0.39 is 28.5 Å². The van der Waals surface area contributed by atoms with Crippen molar-refractivity contribution in [3.8, 4) is 5.75 Å². The second kappa shape index (κ2) is 13.7. The summed E-state index contributed by atoms with van der Waals surface area (Å²) in [5, 5.41) is 3.14. The predicted octanol–water partition coefficient (Wildman–Crippen LogP) is 5.07. The van der Waals surface area contributed by atoms with Crippen LogP contribution in [0.5, 0.6) is 5.75 Å². The molecular formula is C32H39N3O5S. The minimum absolute atomic E-state index is 0.0334. The molecule has 1 aliphatic rings. The minimum Gasteiger partial charge on any atom is -0.497 e. The summed E-state index contributed by atoms with van der Waals surface area (Å²) >= 11 is 0. The van der Waals surface area contributed by atoms with E-state index in [9.17, 15) is 18.0 Å². The number of nitrogens with zero attached hydrogens (tertiary/aromatic N) is 2. The van der Waals surface area contributed by atoms with Crippen LogP contribution in [0.2, 0.25) is 0 Å². The Kier molecular flexibility index (Phi) is 10.0. The van der Waals surface area contributed by atoms with Crippen molar-refractivity contribution in [3.05, 3.63) is 90.0 Å². The fourth-order valence-corrected chi connectivity index (χ4v) is 6.59. The van der Waals surface area contributed by atoms with Crippen LogP contribution >= 0.6 is 0 Å². The summed E-state index contributed by atoms with van der Waals surface area (Å²) in [5.41, 5.74) is 2.30. The molecule has 1 saturated carbocycles. The number of nitrogens with one attached hydrogen (secondary N) is 1. The Balaban J connectivity index is 1.68. The fraction of sp³-hybridized carbons (Fsp3) is 0.375. The summed E-state index contributed by atoms with van der Waals surface area (Å²) in [5.74, 6) is -0.140. The molecule has 1 fully saturated rings. The first kappa shape index (κ1) is 30.1. The van der Waals surface area contributed by atoms with Crippen molar-refractivity contribution >= 4 is 27.5 Å². The lowest BCUT2D eigenvalue weighted by Gasteiger charge is -2.33. The Morgan fingerprint density at radius 2 is 1.59 bits per heavy atom. The van der Waals surface area contributed by atoms with Gasteiger partial charge in [0.05, 0.1) is 17.7 Å². The number of rotatable bonds is 12. The normalized spacial score (nSPS) is 14.3. The van der Waals surface area contributed by atoms with E-state index in [1.807, 2.05) is 38.1 Å². The lowest BCUT2D eigenvalue weighted by molar-refractivity contribution is -0.140. The van der Waals surface area contributed by atoms with Gasteiger partial charge in [-0.1, -0.05) is 67.8 Å². The summed E-state index contributed by atoms with van der Waals surface area (Å²) in [7, 11) is -2.62. The standard InChI is InChI=1S/C32H39N3O5S/c1-4-30(32(37)33-26-10-8-9-11-26)34(22-25-16-14-24(2)15-17-25)31(36)23-35(27-12-6-5-7-13-27)41(38,39)29-20-18-28(40-3)19-21-29/h5-7,12-21,26,30H,4,8-11,22-23H2,1-3H3,(H,33,37)/t30-/m1/s1. The molecule has 2 amide bonds. The van der Waals surface area contributed by atoms with Crippen LogP contribution in [-0.2, 0) is 26.2 Å². The number of benzene rings is 3. The van der Waals surface area contributed by atoms with Crippen molar-refractivity contribution < 1.29 is 22.7 Å². The quantitative estimate of drug-likeness (QED) is 0.325. The molecule has 0 bridgehead atoms. The molecule has 41 heavy (non-hydrogen) atoms. The third-order valence-electron chi connectivity index (χ3n) is 7.53. The first-order valence-electron chi connectivity index (χ1n) is 14.1. The monoisotopic (exact) mass is 577 g/mol. The van der Waals surface area contributed by atoms with Crippen LogP contribution in [0.4, 0.5) is 5.69 Å². The number of anilines is 1. The maximum Gasteiger partial charge on any atom is 0.264 e. The van der Waals surface area contributed by atoms with Crippen molar-refractivity contribution in [1.82, 2.24) is 10.2 Å². The zero-order chi connectivity index (χ0) is 29.4. The zero-order valence-corrected chi connectivity index (χ0v) is 24.8. The van der Waals surface area contributed by atoms with Gasteiger partial charge in [-0.3, -0.25) is 13.9 Å². The number of carbonyl (C=O) groups excluding carboxylic acids is 2. The molecule has 0 aromatic heterocycles. The molecule has 8 nitrogen and oxygen atoms in total. The Morgan fingerprint density at radius 1 is 0.951 bits per heavy atom. The van der Waals surface area contributed by atoms with Crippen molar-refractivity contribution in [2.75, 3.05) is 18.0 Å². The van der Waals surface area contributed by atoms with Crippen molar-refractivity contribution in [1.29, 1.82) is 0 Å². The molecule has 9 heteroatoms. The number of hydrogen-bond donors (Lipinski definition) is 1. The van der Waals surface area contributed by atoms with E-state index in [0.717, 1.165) is 41.1 Å². The van der Waals surface area contributed by atoms with Crippen molar-refractivity contribution in [2.45, 2.75) is 69.5 Å². The van der Waals surface area contributed by atoms with E-state index in [2.05, 4.69) is 5.32 Å². The molecular weight excluding hydrogens is 538 g/mol. The molecule has 0 radical (unpaired) electrons. The SMILES string of the molecule is CC[C@H](C(=O)NC1CCCC1)N(Cc1ccc(C)cc1)C(=O)CN(c1ccccc1)S(=O)(=O)c1ccc(OC)cc1. The molecule has 0 heterocycles. The van der Waals surface area contributed by atoms with Gasteiger partial charge in [0, 0.05) is 12.6 Å². The number of carbonyl (C=O) groups is 2. The van der Waals surface area contributed by atoms with Gasteiger partial charge in [-0.25, -0.2) is 8.42 Å². The molecule has 1 aliphatic carbocycles. The first-order valence-corrected chi connectivity index (χ1v) is 15.5. The molecule has 0 unspecified atom stereocenters. The lowest BCUT2D eigenvalue weighted by atomic mass is 10.1. The summed E-state index contributed by atoms with van der Waals surface area (Å²) in [6.45, 7) is 3.58. The van der Waals surface area contributed by atoms with Gasteiger partial charge in [-0.2, -0.15) is 0 Å². The van der Waals surface area contributed by atoms with E-state index >= 15 is 0 Å². The van der Waals surface area contributed by atoms with Crippen molar-refractivity contribution in [3.63, 3.8) is 0 Å². The highest BCUT2D eigenvalue weighted by Crippen LogP contribution is 2.26. The van der Waals surface area contributed by atoms with Crippen LogP contribution in [0.15, 0.2) is 83.8 Å². The molecule has 3 aromatic rings. The van der Waals surface area contributed by atoms with Gasteiger partial charge in [0.2, 0.25) is 11.8 Å². The van der Waals surface area contributed by atoms with Gasteiger partial charge in [0.15, 0.2) is 0 Å². The third-order valence-corrected chi connectivity index (χ3v) is 9.32. The summed E-state index contributed by atoms with van der Waals surface area (Å²) < 4.78 is 34.1. The number of hydrogen-bond acceptors (Lipinski definition) is 5. The van der Waals surface area contributed by atoms with Gasteiger partial charge < -0.3 is 15.0 Å². The zero-order valence-electron chi connectivity index (χ0n) is 24.0. The Labute approximate surface area is 243 Å². The number of para-hydroxylation sites is 1. The Hall–Kier alpha value is -3.85. The van der Waals surface area contributed by atoms with Crippen LogP contribution < -0.4 is 14.4 Å². The van der Waals surface area contributed by atoms with Gasteiger partial charge in [-0.05, 0) is 68.1 Å². The summed E-state index contributed by atoms with van der Waals surface area (Å²) in [4.78, 5) is 29.2. The lowest BCUT2D eigenvalue weighted by Crippen LogP contribution is -2.53. The summed E-state index contributed by atoms with van der Waals surface area (Å²) in [6, 6.07) is 21.8. The van der Waals surface area contributed by atoms with E-state index in [1.165, 1.54) is 24.1 Å². The minimum atomic E-state index is -4.13. The molecule has 1 atom stereocenters. The predicted molar refractivity (Wildman–Crippen MR) is 160 cm³/mol. The molecule has 3 aromatic carbocycles. The molecule has 0 saturated heterocycles. The highest BCUT2D eigenvalue weighted by atomic mass is 32.2. The molecule has 218 valence electrons. The average molecular weight is 578 g/mol. The number of methoxy groups -OCH3 is 1. The van der Waals surface area contributed by atoms with E-state index in [0.29, 0.717) is 17.9 Å². The van der Waals surface area contributed by atoms with Gasteiger partial charge in [0.1, 0.15) is 18.3 Å². The Bertz CT molecular complexity index is 1400. The van der Waals surface area contributed by atoms with Crippen LogP contribution in [0.3, 0.4) is 0 Å². The van der Waals surface area contributed by atoms with E-state index in [4.69, 9.17) is 4.74 Å². The Morgan fingerprint density at radius 3 is 2.17 bits per heavy atom. The third kappa shape index (κ3) is 7.47. The van der Waals surface area contributed by atoms with Gasteiger partial charge in [-0.15, -0.1) is 0 Å². The van der Waals surface area contributed by atoms with Crippen LogP contribution in [0, 0.1) is 6.92 Å². The second-order valence-corrected chi connectivity index (χ2v) is 12.3. The average Bonchev–Trinajstić information content (AvgIpc) is 3.50. The maximum atomic E-state index is 14.1. The van der Waals surface area contributed by atoms with Gasteiger partial charge in [0.25, 0.3) is 10.0 Å². The fourth-order valence-electron chi connectivity index (χ4n) is 5.18. The molecule has 4 rings (SSSR count). The highest BCUT2D eigenvalue weighted by molar-refractivity contribution is 7.92. The first-order chi connectivity index (χ1) is 19.7. The second-order valence-electron chi connectivity index (χ2n) is 10.4. The maximum absolute atomic E-state index is 14.1. The summed E-state index contributed by atoms with van der Waals surface area (Å²) in [6.07, 6.45) is 4.39. The largest absolute Gasteiger partial charge is 0.497 e. The molecule has 0 spiro atoms. The van der Waals surface area contributed by atoms with E-state index in [-0.39, 0.29) is 23.4 Å². The van der Waals surface area contributed by atoms with Gasteiger partial charge >= 0.3 is 0 Å². The van der Waals surface area contributed by atoms with Crippen molar-refractivity contribution in [2.24, 2.45) is 0 Å². The number of ether oxygens (including phenoxy) is 1. The number of sulfonamides is 1. The molecule has 1 N–H and O–H groups in total. The van der Waals surface area contributed by atoms with E-state index in [1.54, 1.807) is 42.5 Å². The number of aryl methyl sites for hydroxylation is 1. The smallest absolute Gasteiger partial charge is 0.264 e.